The van der Waals surface area contributed by atoms with Crippen LogP contribution in [-0.4, -0.2) is 128 Å². The van der Waals surface area contributed by atoms with E-state index in [-0.39, 0.29) is 105 Å². The average Bonchev–Trinajstić information content (AvgIpc) is 1.95. The van der Waals surface area contributed by atoms with Gasteiger partial charge >= 0.3 is 96.1 Å². The van der Waals surface area contributed by atoms with E-state index in [9.17, 15) is 14.2 Å². The van der Waals surface area contributed by atoms with Crippen LogP contribution < -0.4 is 5.73 Å². The predicted octanol–water partition coefficient (Wildman–Crippen LogP) is -4.22. The van der Waals surface area contributed by atoms with Gasteiger partial charge < -0.3 is 41.4 Å². The third kappa shape index (κ3) is 8.93. The second-order valence-electron chi connectivity index (χ2n) is 2.75. The van der Waals surface area contributed by atoms with E-state index in [1.54, 1.807) is 0 Å². The van der Waals surface area contributed by atoms with Crippen LogP contribution in [0.25, 0.3) is 0 Å². The molecular weight excluding hydrogens is 330 g/mol. The molecule has 106 valence electrons. The molecule has 0 rings (SSSR count). The van der Waals surface area contributed by atoms with E-state index in [0.29, 0.717) is 0 Å². The van der Waals surface area contributed by atoms with Crippen LogP contribution in [0, 0.1) is 0 Å². The molecule has 11 N–H and O–H groups in total. The maximum atomic E-state index is 10.7. The van der Waals surface area contributed by atoms with Crippen LogP contribution in [-0.2, 0) is 9.13 Å². The first-order valence-corrected chi connectivity index (χ1v) is 6.82. The molecule has 0 atom stereocenters. The number of hydrogen-bond acceptors (Lipinski definition) is 4. The van der Waals surface area contributed by atoms with Crippen molar-refractivity contribution in [3.63, 3.8) is 0 Å². The molecule has 10 nitrogen and oxygen atoms in total. The zero-order valence-corrected chi connectivity index (χ0v) is 9.93. The third-order valence-electron chi connectivity index (χ3n) is 1.65. The quantitative estimate of drug-likeness (QED) is 0.210. The zero-order valence-electron chi connectivity index (χ0n) is 8.15. The molecule has 0 fully saturated rings. The first-order chi connectivity index (χ1) is 6.06. The molecule has 0 aliphatic rings. The van der Waals surface area contributed by atoms with Crippen LogP contribution in [0.15, 0.2) is 0 Å². The van der Waals surface area contributed by atoms with Crippen molar-refractivity contribution in [1.82, 2.24) is 0 Å². The third-order valence-corrected chi connectivity index (χ3v) is 5.53. The maximum absolute atomic E-state index is 10.7. The molecule has 0 aromatic carbocycles. The van der Waals surface area contributed by atoms with Crippen LogP contribution in [0.3, 0.4) is 0 Å². The van der Waals surface area contributed by atoms with Gasteiger partial charge in [-0.3, -0.25) is 9.13 Å². The molecule has 0 aromatic rings. The van der Waals surface area contributed by atoms with Gasteiger partial charge in [-0.25, -0.2) is 0 Å². The molecule has 0 aromatic heterocycles. The van der Waals surface area contributed by atoms with Gasteiger partial charge in [-0.15, -0.1) is 0 Å². The summed E-state index contributed by atoms with van der Waals surface area (Å²) in [6.45, 7) is -0.0394. The van der Waals surface area contributed by atoms with E-state index in [0.717, 1.165) is 0 Å². The summed E-state index contributed by atoms with van der Waals surface area (Å²) in [5, 5.41) is 5.91. The Kier molecular flexibility index (Phi) is 22.4. The molecule has 0 bridgehead atoms. The second-order valence-corrected chi connectivity index (χ2v) is 6.76. The van der Waals surface area contributed by atoms with Crippen LogP contribution in [0.2, 0.25) is 0 Å². The summed E-state index contributed by atoms with van der Waals surface area (Å²) in [5.41, 5.74) is 5.01. The fourth-order valence-electron chi connectivity index (χ4n) is 0.800. The van der Waals surface area contributed by atoms with Crippen LogP contribution in [0.1, 0.15) is 12.8 Å². The Balaban J connectivity index is -0.000000141. The summed E-state index contributed by atoms with van der Waals surface area (Å²) in [6.07, 6.45) is -0.856. The van der Waals surface area contributed by atoms with Gasteiger partial charge in [-0.1, -0.05) is 0 Å². The Morgan fingerprint density at radius 2 is 1.28 bits per heavy atom. The van der Waals surface area contributed by atoms with Gasteiger partial charge in [0, 0.05) is 6.42 Å². The molecule has 0 radical (unpaired) electrons. The minimum atomic E-state index is -5.30. The van der Waals surface area contributed by atoms with Crippen molar-refractivity contribution in [3.05, 3.63) is 0 Å². The first-order valence-electron chi connectivity index (χ1n) is 3.60. The number of hydrogen-bond donors (Lipinski definition) is 6. The van der Waals surface area contributed by atoms with E-state index in [1.165, 1.54) is 0 Å². The fraction of sp³-hybridized carbons (Fsp3) is 1.00. The van der Waals surface area contributed by atoms with E-state index >= 15 is 0 Å². The predicted molar refractivity (Wildman–Crippen MR) is 68.9 cm³/mol. The summed E-state index contributed by atoms with van der Waals surface area (Å²) in [5.74, 6) is 0. The zero-order chi connectivity index (χ0) is 11.6. The van der Waals surface area contributed by atoms with Crippen LogP contribution >= 0.6 is 15.2 Å². The second kappa shape index (κ2) is 12.3. The van der Waals surface area contributed by atoms with Crippen molar-refractivity contribution >= 4 is 96.1 Å². The molecule has 0 aliphatic heterocycles. The van der Waals surface area contributed by atoms with Crippen molar-refractivity contribution in [2.75, 3.05) is 6.54 Å². The van der Waals surface area contributed by atoms with Gasteiger partial charge in [0.05, 0.1) is 0 Å². The molecule has 0 amide bonds. The Hall–Kier alpha value is 2.78. The van der Waals surface area contributed by atoms with Crippen LogP contribution in [0.5, 0.6) is 0 Å². The van der Waals surface area contributed by atoms with E-state index < -0.39 is 26.7 Å². The molecule has 0 saturated heterocycles. The topological polar surface area (TPSA) is 224 Å². The Bertz CT molecular complexity index is 270. The normalized spacial score (nSPS) is 11.2. The van der Waals surface area contributed by atoms with Gasteiger partial charge in [0.25, 0.3) is 5.08 Å². The average molecular weight is 349 g/mol. The monoisotopic (exact) mass is 349 g/mol. The van der Waals surface area contributed by atoms with Crippen molar-refractivity contribution in [2.45, 2.75) is 17.9 Å². The van der Waals surface area contributed by atoms with Crippen LogP contribution in [0.4, 0.5) is 0 Å². The first kappa shape index (κ1) is 32.6. The van der Waals surface area contributed by atoms with Gasteiger partial charge in [-0.05, 0) is 13.0 Å². The summed E-state index contributed by atoms with van der Waals surface area (Å²) in [4.78, 5) is 34.5. The Morgan fingerprint density at radius 1 is 1.00 bits per heavy atom. The summed E-state index contributed by atoms with van der Waals surface area (Å²) >= 11 is 0. The molecule has 0 heterocycles. The minimum absolute atomic E-state index is 0. The number of aliphatic hydroxyl groups is 1. The SMILES string of the molecule is NCCCC(O)(P(=O)(O)O)P(=O)(O)O.O.O.[KH].[NaH]. The molecule has 0 spiro atoms. The van der Waals surface area contributed by atoms with Crippen molar-refractivity contribution in [1.29, 1.82) is 0 Å². The molecule has 0 saturated carbocycles. The molecule has 0 unspecified atom stereocenters. The summed E-state index contributed by atoms with van der Waals surface area (Å²) < 4.78 is 21.4. The standard InChI is InChI=1S/C4H13NO7P2.K.Na.2H2O.2H/c5-3-1-2-4(6,13(7,8)9)14(10,11)12;;;;;;/h6H,1-3,5H2,(H2,7,8,9)(H2,10,11,12);;;2*1H2;;. The van der Waals surface area contributed by atoms with Gasteiger partial charge in [0.15, 0.2) is 0 Å². The Labute approximate surface area is 168 Å². The molecular formula is C4H19KNNaO9P2. The molecule has 14 heteroatoms. The molecule has 0 aliphatic carbocycles. The van der Waals surface area contributed by atoms with Crippen molar-refractivity contribution < 1.29 is 44.8 Å². The fourth-order valence-corrected chi connectivity index (χ4v) is 3.06. The summed E-state index contributed by atoms with van der Waals surface area (Å²) in [6, 6.07) is 0. The van der Waals surface area contributed by atoms with Gasteiger partial charge in [0.1, 0.15) is 0 Å². The number of rotatable bonds is 5. The number of nitrogens with two attached hydrogens (primary N) is 1. The molecule has 18 heavy (non-hydrogen) atoms. The van der Waals surface area contributed by atoms with Crippen molar-refractivity contribution in [3.8, 4) is 0 Å². The summed E-state index contributed by atoms with van der Waals surface area (Å²) in [7, 11) is -10.6. The van der Waals surface area contributed by atoms with E-state index in [1.807, 2.05) is 0 Å². The van der Waals surface area contributed by atoms with E-state index in [4.69, 9.17) is 25.3 Å². The van der Waals surface area contributed by atoms with E-state index in [2.05, 4.69) is 0 Å². The van der Waals surface area contributed by atoms with Gasteiger partial charge in [0.2, 0.25) is 0 Å². The van der Waals surface area contributed by atoms with Gasteiger partial charge in [-0.2, -0.15) is 0 Å². The Morgan fingerprint density at radius 3 is 1.44 bits per heavy atom. The van der Waals surface area contributed by atoms with Crippen molar-refractivity contribution in [2.24, 2.45) is 5.73 Å².